The first-order valence-corrected chi connectivity index (χ1v) is 6.33. The molecule has 19 heavy (non-hydrogen) atoms. The molecule has 0 bridgehead atoms. The topological polar surface area (TPSA) is 66.5 Å². The number of rotatable bonds is 3. The normalized spacial score (nSPS) is 14.1. The van der Waals surface area contributed by atoms with Gasteiger partial charge in [0, 0.05) is 12.0 Å². The van der Waals surface area contributed by atoms with Gasteiger partial charge in [-0.15, -0.1) is 0 Å². The molecule has 0 radical (unpaired) electrons. The molecule has 2 aromatic rings. The molecule has 0 aliphatic rings. The average molecular weight is 257 g/mol. The lowest BCUT2D eigenvalue weighted by molar-refractivity contribution is 0.454. The maximum atomic E-state index is 9.95. The zero-order valence-corrected chi connectivity index (χ0v) is 11.2. The molecule has 2 unspecified atom stereocenters. The lowest BCUT2D eigenvalue weighted by Crippen LogP contribution is -2.17. The van der Waals surface area contributed by atoms with Gasteiger partial charge in [0.25, 0.3) is 0 Å². The van der Waals surface area contributed by atoms with E-state index in [4.69, 9.17) is 5.73 Å². The second-order valence-electron chi connectivity index (χ2n) is 4.97. The van der Waals surface area contributed by atoms with E-state index in [9.17, 15) is 10.2 Å². The Kier molecular flexibility index (Phi) is 3.76. The van der Waals surface area contributed by atoms with Gasteiger partial charge in [-0.2, -0.15) is 0 Å². The Morgan fingerprint density at radius 3 is 2.26 bits per heavy atom. The lowest BCUT2D eigenvalue weighted by Gasteiger charge is -2.22. The van der Waals surface area contributed by atoms with Gasteiger partial charge < -0.3 is 15.9 Å². The monoisotopic (exact) mass is 257 g/mol. The van der Waals surface area contributed by atoms with Crippen molar-refractivity contribution in [3.63, 3.8) is 0 Å². The molecule has 0 saturated carbocycles. The van der Waals surface area contributed by atoms with Gasteiger partial charge >= 0.3 is 0 Å². The van der Waals surface area contributed by atoms with Gasteiger partial charge in [-0.1, -0.05) is 36.8 Å². The van der Waals surface area contributed by atoms with Gasteiger partial charge in [0.1, 0.15) is 11.5 Å². The van der Waals surface area contributed by atoms with Crippen molar-refractivity contribution in [1.29, 1.82) is 0 Å². The summed E-state index contributed by atoms with van der Waals surface area (Å²) in [6.07, 6.45) is 0. The van der Waals surface area contributed by atoms with Crippen molar-refractivity contribution >= 4 is 0 Å². The smallest absolute Gasteiger partial charge is 0.119 e. The number of hydrogen-bond donors (Lipinski definition) is 3. The fourth-order valence-corrected chi connectivity index (χ4v) is 2.22. The first kappa shape index (κ1) is 13.4. The quantitative estimate of drug-likeness (QED) is 0.791. The minimum atomic E-state index is -0.228. The minimum absolute atomic E-state index is 0.00978. The standard InChI is InChI=1S/C16H19NO2/c1-10-3-8-15(19)14(9-10)11(2)16(17)12-4-6-13(18)7-5-12/h3-9,11,16,18-19H,17H2,1-2H3. The molecule has 0 aliphatic carbocycles. The number of phenols is 2. The minimum Gasteiger partial charge on any atom is -0.508 e. The summed E-state index contributed by atoms with van der Waals surface area (Å²) in [5.74, 6) is 0.485. The summed E-state index contributed by atoms with van der Waals surface area (Å²) in [5.41, 5.74) is 9.13. The zero-order valence-electron chi connectivity index (χ0n) is 11.2. The van der Waals surface area contributed by atoms with Crippen molar-refractivity contribution < 1.29 is 10.2 Å². The maximum Gasteiger partial charge on any atom is 0.119 e. The van der Waals surface area contributed by atoms with Gasteiger partial charge in [0.2, 0.25) is 0 Å². The fourth-order valence-electron chi connectivity index (χ4n) is 2.22. The number of benzene rings is 2. The molecular formula is C16H19NO2. The summed E-state index contributed by atoms with van der Waals surface area (Å²) < 4.78 is 0. The molecule has 2 atom stereocenters. The molecule has 0 spiro atoms. The molecule has 0 fully saturated rings. The van der Waals surface area contributed by atoms with Crippen LogP contribution in [0.5, 0.6) is 11.5 Å². The van der Waals surface area contributed by atoms with Crippen LogP contribution in [0.1, 0.15) is 35.6 Å². The van der Waals surface area contributed by atoms with Gasteiger partial charge in [-0.25, -0.2) is 0 Å². The molecule has 4 N–H and O–H groups in total. The average Bonchev–Trinajstić information content (AvgIpc) is 2.41. The van der Waals surface area contributed by atoms with Crippen molar-refractivity contribution in [1.82, 2.24) is 0 Å². The first-order chi connectivity index (χ1) is 8.99. The van der Waals surface area contributed by atoms with Gasteiger partial charge in [0.05, 0.1) is 0 Å². The van der Waals surface area contributed by atoms with Crippen LogP contribution < -0.4 is 5.73 Å². The predicted octanol–water partition coefficient (Wildman–Crippen LogP) is 3.21. The van der Waals surface area contributed by atoms with Crippen molar-refractivity contribution in [3.8, 4) is 11.5 Å². The summed E-state index contributed by atoms with van der Waals surface area (Å²) in [7, 11) is 0. The molecule has 0 saturated heterocycles. The predicted molar refractivity (Wildman–Crippen MR) is 76.3 cm³/mol. The van der Waals surface area contributed by atoms with Crippen LogP contribution in [0.15, 0.2) is 42.5 Å². The highest BCUT2D eigenvalue weighted by Crippen LogP contribution is 2.34. The molecule has 3 heteroatoms. The largest absolute Gasteiger partial charge is 0.508 e. The van der Waals surface area contributed by atoms with E-state index in [1.807, 2.05) is 38.1 Å². The van der Waals surface area contributed by atoms with Gasteiger partial charge in [-0.05, 0) is 36.2 Å². The van der Waals surface area contributed by atoms with Crippen LogP contribution in [-0.2, 0) is 0 Å². The number of nitrogens with two attached hydrogens (primary N) is 1. The lowest BCUT2D eigenvalue weighted by atomic mass is 9.88. The SMILES string of the molecule is Cc1ccc(O)c(C(C)C(N)c2ccc(O)cc2)c1. The van der Waals surface area contributed by atoms with Crippen LogP contribution >= 0.6 is 0 Å². The highest BCUT2D eigenvalue weighted by molar-refractivity contribution is 5.40. The summed E-state index contributed by atoms with van der Waals surface area (Å²) in [6, 6.07) is 12.2. The van der Waals surface area contributed by atoms with Crippen molar-refractivity contribution in [2.45, 2.75) is 25.8 Å². The summed E-state index contributed by atoms with van der Waals surface area (Å²) in [6.45, 7) is 3.98. The summed E-state index contributed by atoms with van der Waals surface area (Å²) >= 11 is 0. The Morgan fingerprint density at radius 2 is 1.63 bits per heavy atom. The van der Waals surface area contributed by atoms with Crippen molar-refractivity contribution in [3.05, 3.63) is 59.2 Å². The number of hydrogen-bond acceptors (Lipinski definition) is 3. The summed E-state index contributed by atoms with van der Waals surface area (Å²) in [4.78, 5) is 0. The molecule has 0 heterocycles. The van der Waals surface area contributed by atoms with E-state index in [1.54, 1.807) is 18.2 Å². The van der Waals surface area contributed by atoms with Crippen LogP contribution in [0, 0.1) is 6.92 Å². The van der Waals surface area contributed by atoms with Crippen LogP contribution in [-0.4, -0.2) is 10.2 Å². The molecule has 0 aromatic heterocycles. The van der Waals surface area contributed by atoms with Crippen LogP contribution in [0.3, 0.4) is 0 Å². The Morgan fingerprint density at radius 1 is 1.00 bits per heavy atom. The molecule has 100 valence electrons. The number of phenolic OH excluding ortho intramolecular Hbond substituents is 2. The van der Waals surface area contributed by atoms with E-state index in [2.05, 4.69) is 0 Å². The van der Waals surface area contributed by atoms with Crippen LogP contribution in [0.4, 0.5) is 0 Å². The van der Waals surface area contributed by atoms with E-state index in [0.717, 1.165) is 16.7 Å². The number of aryl methyl sites for hydroxylation is 1. The van der Waals surface area contributed by atoms with E-state index in [1.165, 1.54) is 0 Å². The van der Waals surface area contributed by atoms with E-state index >= 15 is 0 Å². The molecule has 2 aromatic carbocycles. The van der Waals surface area contributed by atoms with Crippen molar-refractivity contribution in [2.24, 2.45) is 5.73 Å². The zero-order chi connectivity index (χ0) is 14.0. The van der Waals surface area contributed by atoms with Crippen LogP contribution in [0.25, 0.3) is 0 Å². The van der Waals surface area contributed by atoms with Crippen LogP contribution in [0.2, 0.25) is 0 Å². The fraction of sp³-hybridized carbons (Fsp3) is 0.250. The third-order valence-electron chi connectivity index (χ3n) is 3.49. The van der Waals surface area contributed by atoms with E-state index in [0.29, 0.717) is 0 Å². The molecule has 0 aliphatic heterocycles. The molecule has 3 nitrogen and oxygen atoms in total. The highest BCUT2D eigenvalue weighted by atomic mass is 16.3. The Bertz CT molecular complexity index is 563. The third-order valence-corrected chi connectivity index (χ3v) is 3.49. The van der Waals surface area contributed by atoms with Gasteiger partial charge in [-0.3, -0.25) is 0 Å². The van der Waals surface area contributed by atoms with E-state index in [-0.39, 0.29) is 23.5 Å². The van der Waals surface area contributed by atoms with Gasteiger partial charge in [0.15, 0.2) is 0 Å². The van der Waals surface area contributed by atoms with E-state index < -0.39 is 0 Å². The Hall–Kier alpha value is -2.00. The second kappa shape index (κ2) is 5.33. The second-order valence-corrected chi connectivity index (χ2v) is 4.97. The maximum absolute atomic E-state index is 9.95. The number of aromatic hydroxyl groups is 2. The Labute approximate surface area is 113 Å². The first-order valence-electron chi connectivity index (χ1n) is 6.33. The molecular weight excluding hydrogens is 238 g/mol. The highest BCUT2D eigenvalue weighted by Gasteiger charge is 2.19. The van der Waals surface area contributed by atoms with Crippen molar-refractivity contribution in [2.75, 3.05) is 0 Å². The Balaban J connectivity index is 2.30. The third kappa shape index (κ3) is 2.88. The molecule has 0 amide bonds. The molecule has 2 rings (SSSR count). The summed E-state index contributed by atoms with van der Waals surface area (Å²) in [5, 5.41) is 19.2.